The molecule has 0 unspecified atom stereocenters. The number of thiophene rings is 1. The van der Waals surface area contributed by atoms with Gasteiger partial charge >= 0.3 is 0 Å². The second-order valence-electron chi connectivity index (χ2n) is 7.57. The number of aromatic nitrogens is 4. The smallest absolute Gasteiger partial charge is 0.291 e. The fourth-order valence-corrected chi connectivity index (χ4v) is 5.51. The van der Waals surface area contributed by atoms with E-state index in [2.05, 4.69) is 32.2 Å². The van der Waals surface area contributed by atoms with Gasteiger partial charge in [-0.15, -0.1) is 16.4 Å². The van der Waals surface area contributed by atoms with Gasteiger partial charge in [-0.3, -0.25) is 9.69 Å². The van der Waals surface area contributed by atoms with Crippen LogP contribution < -0.4 is 5.32 Å². The Labute approximate surface area is 166 Å². The average Bonchev–Trinajstić information content (AvgIpc) is 3.30. The predicted octanol–water partition coefficient (Wildman–Crippen LogP) is 1.84. The number of hydrogen-bond donors (Lipinski definition) is 1. The molecule has 28 heavy (non-hydrogen) atoms. The summed E-state index contributed by atoms with van der Waals surface area (Å²) in [5, 5.41) is 8.40. The molecule has 0 bridgehead atoms. The Hall–Kier alpha value is -2.10. The molecular weight excluding hydrogens is 376 g/mol. The van der Waals surface area contributed by atoms with Gasteiger partial charge in [-0.05, 0) is 30.7 Å². The molecule has 0 saturated carbocycles. The largest absolute Gasteiger partial charge is 0.379 e. The van der Waals surface area contributed by atoms with Crippen LogP contribution in [-0.4, -0.2) is 69.8 Å². The minimum atomic E-state index is -0.234. The molecule has 5 rings (SSSR count). The first kappa shape index (κ1) is 18.0. The number of carbonyl (C=O) groups is 1. The van der Waals surface area contributed by atoms with Crippen LogP contribution in [0.4, 0.5) is 0 Å². The van der Waals surface area contributed by atoms with Gasteiger partial charge < -0.3 is 10.1 Å². The van der Waals surface area contributed by atoms with E-state index in [0.29, 0.717) is 12.5 Å². The maximum Gasteiger partial charge on any atom is 0.291 e. The zero-order valence-electron chi connectivity index (χ0n) is 16.0. The molecule has 1 saturated heterocycles. The fraction of sp³-hybridized carbons (Fsp3) is 0.579. The summed E-state index contributed by atoms with van der Waals surface area (Å²) in [4.78, 5) is 26.4. The van der Waals surface area contributed by atoms with Crippen molar-refractivity contribution in [2.24, 2.45) is 0 Å². The zero-order chi connectivity index (χ0) is 19.1. The molecule has 1 aliphatic heterocycles. The van der Waals surface area contributed by atoms with Gasteiger partial charge in [0.1, 0.15) is 11.2 Å². The number of rotatable bonds is 4. The standard InChI is InChI=1S/C19H24N6O2S/c1-12-3-2-4-13-14(12)15-17-22-16(23-25(17)11-21-19(15)28-13)18(26)20-5-6-24-7-9-27-10-8-24/h11-12H,2-10H2,1H3,(H,20,26)/t12-/m1/s1. The van der Waals surface area contributed by atoms with Crippen molar-refractivity contribution in [1.29, 1.82) is 0 Å². The molecule has 3 aromatic rings. The summed E-state index contributed by atoms with van der Waals surface area (Å²) in [7, 11) is 0. The monoisotopic (exact) mass is 400 g/mol. The molecule has 1 amide bonds. The van der Waals surface area contributed by atoms with Crippen molar-refractivity contribution in [3.8, 4) is 0 Å². The van der Waals surface area contributed by atoms with Crippen molar-refractivity contribution in [3.63, 3.8) is 0 Å². The molecular formula is C19H24N6O2S. The van der Waals surface area contributed by atoms with Gasteiger partial charge in [-0.2, -0.15) is 0 Å². The number of fused-ring (bicyclic) bond motifs is 5. The number of hydrogen-bond acceptors (Lipinski definition) is 7. The topological polar surface area (TPSA) is 84.7 Å². The van der Waals surface area contributed by atoms with Crippen LogP contribution in [-0.2, 0) is 11.2 Å². The summed E-state index contributed by atoms with van der Waals surface area (Å²) in [5.74, 6) is 0.468. The summed E-state index contributed by atoms with van der Waals surface area (Å²) >= 11 is 1.76. The molecule has 1 aliphatic carbocycles. The number of ether oxygens (including phenoxy) is 1. The summed E-state index contributed by atoms with van der Waals surface area (Å²) in [6.07, 6.45) is 5.18. The number of amides is 1. The summed E-state index contributed by atoms with van der Waals surface area (Å²) in [6.45, 7) is 6.99. The Kier molecular flexibility index (Phi) is 4.73. The van der Waals surface area contributed by atoms with Gasteiger partial charge in [0.15, 0.2) is 5.65 Å². The van der Waals surface area contributed by atoms with E-state index in [1.165, 1.54) is 23.3 Å². The quantitative estimate of drug-likeness (QED) is 0.719. The Morgan fingerprint density at radius 2 is 2.25 bits per heavy atom. The van der Waals surface area contributed by atoms with E-state index in [1.807, 2.05) is 0 Å². The predicted molar refractivity (Wildman–Crippen MR) is 107 cm³/mol. The van der Waals surface area contributed by atoms with E-state index >= 15 is 0 Å². The lowest BCUT2D eigenvalue weighted by atomic mass is 9.87. The number of nitrogens with zero attached hydrogens (tertiary/aromatic N) is 5. The van der Waals surface area contributed by atoms with Gasteiger partial charge in [-0.1, -0.05) is 6.92 Å². The Bertz CT molecular complexity index is 1020. The fourth-order valence-electron chi connectivity index (χ4n) is 4.21. The first-order valence-electron chi connectivity index (χ1n) is 9.95. The van der Waals surface area contributed by atoms with Crippen molar-refractivity contribution < 1.29 is 9.53 Å². The molecule has 3 aromatic heterocycles. The third-order valence-electron chi connectivity index (χ3n) is 5.70. The van der Waals surface area contributed by atoms with E-state index in [1.54, 1.807) is 22.2 Å². The second-order valence-corrected chi connectivity index (χ2v) is 8.65. The van der Waals surface area contributed by atoms with Gasteiger partial charge in [0.05, 0.1) is 18.6 Å². The highest BCUT2D eigenvalue weighted by atomic mass is 32.1. The third kappa shape index (κ3) is 3.17. The van der Waals surface area contributed by atoms with Gasteiger partial charge in [0, 0.05) is 31.1 Å². The molecule has 0 radical (unpaired) electrons. The molecule has 8 nitrogen and oxygen atoms in total. The normalized spacial score (nSPS) is 20.5. The molecule has 1 atom stereocenters. The van der Waals surface area contributed by atoms with Gasteiger partial charge in [0.25, 0.3) is 5.91 Å². The van der Waals surface area contributed by atoms with Crippen molar-refractivity contribution >= 4 is 33.1 Å². The molecule has 148 valence electrons. The van der Waals surface area contributed by atoms with E-state index in [0.717, 1.165) is 55.1 Å². The van der Waals surface area contributed by atoms with Crippen LogP contribution in [0.2, 0.25) is 0 Å². The van der Waals surface area contributed by atoms with Crippen LogP contribution in [0.5, 0.6) is 0 Å². The van der Waals surface area contributed by atoms with Crippen LogP contribution in [0.15, 0.2) is 6.33 Å². The zero-order valence-corrected chi connectivity index (χ0v) is 16.8. The van der Waals surface area contributed by atoms with Crippen LogP contribution in [0.1, 0.15) is 46.7 Å². The van der Waals surface area contributed by atoms with Crippen LogP contribution in [0, 0.1) is 0 Å². The summed E-state index contributed by atoms with van der Waals surface area (Å²) < 4.78 is 7.00. The first-order chi connectivity index (χ1) is 13.7. The number of nitrogens with one attached hydrogen (secondary N) is 1. The highest BCUT2D eigenvalue weighted by Crippen LogP contribution is 2.42. The minimum absolute atomic E-state index is 0.208. The van der Waals surface area contributed by atoms with E-state index in [-0.39, 0.29) is 11.7 Å². The molecule has 1 fully saturated rings. The number of aryl methyl sites for hydroxylation is 1. The maximum absolute atomic E-state index is 12.6. The minimum Gasteiger partial charge on any atom is -0.379 e. The Morgan fingerprint density at radius 3 is 3.11 bits per heavy atom. The summed E-state index contributed by atoms with van der Waals surface area (Å²) in [5.41, 5.74) is 2.10. The van der Waals surface area contributed by atoms with Crippen LogP contribution in [0.25, 0.3) is 15.9 Å². The van der Waals surface area contributed by atoms with E-state index < -0.39 is 0 Å². The lowest BCUT2D eigenvalue weighted by Crippen LogP contribution is -2.41. The highest BCUT2D eigenvalue weighted by Gasteiger charge is 2.26. The van der Waals surface area contributed by atoms with Crippen molar-refractivity contribution in [2.75, 3.05) is 39.4 Å². The first-order valence-corrected chi connectivity index (χ1v) is 10.8. The van der Waals surface area contributed by atoms with Gasteiger partial charge in [-0.25, -0.2) is 14.5 Å². The Morgan fingerprint density at radius 1 is 1.39 bits per heavy atom. The van der Waals surface area contributed by atoms with Crippen LogP contribution >= 0.6 is 11.3 Å². The SMILES string of the molecule is C[C@@H]1CCCc2sc3ncn4nc(C(=O)NCCN5CCOCC5)nc4c3c21. The number of carbonyl (C=O) groups excluding carboxylic acids is 1. The van der Waals surface area contributed by atoms with Crippen molar-refractivity contribution in [2.45, 2.75) is 32.1 Å². The van der Waals surface area contributed by atoms with E-state index in [9.17, 15) is 4.79 Å². The lowest BCUT2D eigenvalue weighted by molar-refractivity contribution is 0.0383. The molecule has 2 aliphatic rings. The number of morpholine rings is 1. The highest BCUT2D eigenvalue weighted by molar-refractivity contribution is 7.19. The summed E-state index contributed by atoms with van der Waals surface area (Å²) in [6, 6.07) is 0. The molecule has 0 spiro atoms. The van der Waals surface area contributed by atoms with Gasteiger partial charge in [0.2, 0.25) is 5.82 Å². The van der Waals surface area contributed by atoms with E-state index in [4.69, 9.17) is 4.74 Å². The van der Waals surface area contributed by atoms with Crippen molar-refractivity contribution in [3.05, 3.63) is 22.6 Å². The second kappa shape index (κ2) is 7.38. The Balaban J connectivity index is 1.39. The molecule has 1 N–H and O–H groups in total. The third-order valence-corrected chi connectivity index (χ3v) is 6.87. The molecule has 0 aromatic carbocycles. The maximum atomic E-state index is 12.6. The molecule has 9 heteroatoms. The van der Waals surface area contributed by atoms with Crippen LogP contribution in [0.3, 0.4) is 0 Å². The average molecular weight is 401 g/mol. The van der Waals surface area contributed by atoms with Crippen molar-refractivity contribution in [1.82, 2.24) is 29.8 Å². The lowest BCUT2D eigenvalue weighted by Gasteiger charge is -2.26. The molecule has 4 heterocycles.